The normalized spacial score (nSPS) is 11.7. The van der Waals surface area contributed by atoms with Crippen LogP contribution in [0.3, 0.4) is 0 Å². The second-order valence-corrected chi connectivity index (χ2v) is 6.17. The van der Waals surface area contributed by atoms with E-state index in [1.807, 2.05) is 0 Å². The molecule has 128 valence electrons. The Labute approximate surface area is 137 Å². The third-order valence-electron chi connectivity index (χ3n) is 3.97. The number of aliphatic hydroxyl groups is 1. The number of nitrogens with two attached hydrogens (primary N) is 1. The molecule has 0 saturated heterocycles. The minimum absolute atomic E-state index is 0.189. The van der Waals surface area contributed by atoms with Crippen molar-refractivity contribution in [3.63, 3.8) is 0 Å². The zero-order valence-corrected chi connectivity index (χ0v) is 14.4. The minimum Gasteiger partial charge on any atom is -0.396 e. The quantitative estimate of drug-likeness (QED) is 0.373. The van der Waals surface area contributed by atoms with Crippen molar-refractivity contribution >= 4 is 5.91 Å². The van der Waals surface area contributed by atoms with Gasteiger partial charge in [-0.05, 0) is 38.0 Å². The van der Waals surface area contributed by atoms with Crippen LogP contribution in [-0.2, 0) is 4.79 Å². The van der Waals surface area contributed by atoms with Crippen molar-refractivity contribution in [3.05, 3.63) is 0 Å². The molecule has 0 radical (unpaired) electrons. The Hall–Kier alpha value is -1.01. The maximum Gasteiger partial charge on any atom is 0.217 e. The smallest absolute Gasteiger partial charge is 0.217 e. The summed E-state index contributed by atoms with van der Waals surface area (Å²) >= 11 is 0. The van der Waals surface area contributed by atoms with Gasteiger partial charge in [0.05, 0.1) is 0 Å². The maximum absolute atomic E-state index is 10.6. The highest BCUT2D eigenvalue weighted by Crippen LogP contribution is 2.14. The highest BCUT2D eigenvalue weighted by atomic mass is 16.3. The Kier molecular flexibility index (Phi) is 15.6. The number of primary amides is 1. The zero-order valence-electron chi connectivity index (χ0n) is 14.4. The lowest BCUT2D eigenvalue weighted by atomic mass is 9.97. The first-order chi connectivity index (χ1) is 10.7. The molecule has 0 aromatic heterocycles. The van der Waals surface area contributed by atoms with E-state index in [0.717, 1.165) is 57.8 Å². The lowest BCUT2D eigenvalue weighted by Crippen LogP contribution is -2.09. The molecule has 0 heterocycles. The summed E-state index contributed by atoms with van der Waals surface area (Å²) in [4.78, 5) is 10.6. The molecule has 0 aromatic carbocycles. The molecule has 3 heteroatoms. The molecule has 1 amide bonds. The lowest BCUT2D eigenvalue weighted by molar-refractivity contribution is -0.118. The van der Waals surface area contributed by atoms with Crippen molar-refractivity contribution in [2.24, 2.45) is 11.7 Å². The molecule has 22 heavy (non-hydrogen) atoms. The molecule has 3 N–H and O–H groups in total. The first-order valence-corrected chi connectivity index (χ1v) is 9.05. The molecule has 3 nitrogen and oxygen atoms in total. The Morgan fingerprint density at radius 2 is 1.55 bits per heavy atom. The number of carbonyl (C=O) groups excluding carboxylic acids is 1. The van der Waals surface area contributed by atoms with E-state index in [2.05, 4.69) is 18.8 Å². The average molecular weight is 309 g/mol. The number of hydrogen-bond donors (Lipinski definition) is 2. The topological polar surface area (TPSA) is 63.3 Å². The molecule has 0 bridgehead atoms. The SMILES string of the molecule is CCCC(CO)CCCCC#CCCCCCCCC(N)=O. The first-order valence-electron chi connectivity index (χ1n) is 9.05. The molecule has 1 unspecified atom stereocenters. The summed E-state index contributed by atoms with van der Waals surface area (Å²) in [5, 5.41) is 9.21. The highest BCUT2D eigenvalue weighted by Gasteiger charge is 2.04. The highest BCUT2D eigenvalue weighted by molar-refractivity contribution is 5.73. The largest absolute Gasteiger partial charge is 0.396 e. The summed E-state index contributed by atoms with van der Waals surface area (Å²) in [5.41, 5.74) is 5.09. The van der Waals surface area contributed by atoms with E-state index in [0.29, 0.717) is 18.9 Å². The van der Waals surface area contributed by atoms with Crippen LogP contribution in [0.4, 0.5) is 0 Å². The van der Waals surface area contributed by atoms with Crippen LogP contribution in [0.5, 0.6) is 0 Å². The van der Waals surface area contributed by atoms with E-state index in [9.17, 15) is 9.90 Å². The number of aliphatic hydroxyl groups excluding tert-OH is 1. The first kappa shape index (κ1) is 21.0. The monoisotopic (exact) mass is 309 g/mol. The number of hydrogen-bond acceptors (Lipinski definition) is 2. The molecule has 0 aromatic rings. The van der Waals surface area contributed by atoms with Gasteiger partial charge in [-0.2, -0.15) is 0 Å². The van der Waals surface area contributed by atoms with Crippen LogP contribution >= 0.6 is 0 Å². The summed E-state index contributed by atoms with van der Waals surface area (Å²) in [7, 11) is 0. The van der Waals surface area contributed by atoms with Crippen LogP contribution < -0.4 is 5.73 Å². The van der Waals surface area contributed by atoms with Crippen molar-refractivity contribution in [1.82, 2.24) is 0 Å². The van der Waals surface area contributed by atoms with Crippen molar-refractivity contribution in [2.45, 2.75) is 90.4 Å². The second kappa shape index (κ2) is 16.4. The van der Waals surface area contributed by atoms with E-state index >= 15 is 0 Å². The fraction of sp³-hybridized carbons (Fsp3) is 0.842. The number of unbranched alkanes of at least 4 members (excludes halogenated alkanes) is 7. The Morgan fingerprint density at radius 3 is 2.14 bits per heavy atom. The summed E-state index contributed by atoms with van der Waals surface area (Å²) in [5.74, 6) is 6.80. The third kappa shape index (κ3) is 15.4. The molecule has 0 spiro atoms. The van der Waals surface area contributed by atoms with Crippen molar-refractivity contribution in [1.29, 1.82) is 0 Å². The van der Waals surface area contributed by atoms with E-state index in [-0.39, 0.29) is 5.91 Å². The van der Waals surface area contributed by atoms with E-state index < -0.39 is 0 Å². The molecule has 0 aliphatic heterocycles. The number of carbonyl (C=O) groups is 1. The van der Waals surface area contributed by atoms with Gasteiger partial charge in [-0.25, -0.2) is 0 Å². The summed E-state index contributed by atoms with van der Waals surface area (Å²) in [6.45, 7) is 2.50. The zero-order chi connectivity index (χ0) is 16.5. The summed E-state index contributed by atoms with van der Waals surface area (Å²) < 4.78 is 0. The van der Waals surface area contributed by atoms with Crippen LogP contribution in [0.2, 0.25) is 0 Å². The van der Waals surface area contributed by atoms with Gasteiger partial charge in [0.1, 0.15) is 0 Å². The second-order valence-electron chi connectivity index (χ2n) is 6.17. The van der Waals surface area contributed by atoms with Crippen LogP contribution in [0, 0.1) is 17.8 Å². The van der Waals surface area contributed by atoms with Gasteiger partial charge in [0.2, 0.25) is 5.91 Å². The Morgan fingerprint density at radius 1 is 0.955 bits per heavy atom. The lowest BCUT2D eigenvalue weighted by Gasteiger charge is -2.11. The molecule has 0 fully saturated rings. The van der Waals surface area contributed by atoms with Gasteiger partial charge < -0.3 is 10.8 Å². The molecule has 0 saturated carbocycles. The number of rotatable bonds is 14. The Bertz CT molecular complexity index is 317. The van der Waals surface area contributed by atoms with Crippen LogP contribution in [0.25, 0.3) is 0 Å². The fourth-order valence-corrected chi connectivity index (χ4v) is 2.60. The van der Waals surface area contributed by atoms with Gasteiger partial charge in [0, 0.05) is 25.9 Å². The third-order valence-corrected chi connectivity index (χ3v) is 3.97. The molecule has 1 atom stereocenters. The minimum atomic E-state index is -0.189. The molecule has 0 aliphatic carbocycles. The van der Waals surface area contributed by atoms with Crippen molar-refractivity contribution in [3.8, 4) is 11.8 Å². The van der Waals surface area contributed by atoms with Gasteiger partial charge in [0.25, 0.3) is 0 Å². The van der Waals surface area contributed by atoms with Crippen molar-refractivity contribution in [2.75, 3.05) is 6.61 Å². The predicted molar refractivity (Wildman–Crippen MR) is 93.2 cm³/mol. The van der Waals surface area contributed by atoms with Crippen LogP contribution in [-0.4, -0.2) is 17.6 Å². The molecule has 0 aliphatic rings. The van der Waals surface area contributed by atoms with E-state index in [1.165, 1.54) is 19.3 Å². The Balaban J connectivity index is 3.30. The maximum atomic E-state index is 10.6. The van der Waals surface area contributed by atoms with Crippen molar-refractivity contribution < 1.29 is 9.90 Å². The van der Waals surface area contributed by atoms with Gasteiger partial charge in [-0.3, -0.25) is 4.79 Å². The fourth-order valence-electron chi connectivity index (χ4n) is 2.60. The van der Waals surface area contributed by atoms with E-state index in [1.54, 1.807) is 0 Å². The molecular formula is C19H35NO2. The van der Waals surface area contributed by atoms with Gasteiger partial charge in [-0.15, -0.1) is 11.8 Å². The van der Waals surface area contributed by atoms with Crippen LogP contribution in [0.15, 0.2) is 0 Å². The van der Waals surface area contributed by atoms with Gasteiger partial charge in [-0.1, -0.05) is 39.0 Å². The summed E-state index contributed by atoms with van der Waals surface area (Å²) in [6, 6.07) is 0. The average Bonchev–Trinajstić information content (AvgIpc) is 2.50. The van der Waals surface area contributed by atoms with E-state index in [4.69, 9.17) is 5.73 Å². The number of amides is 1. The molecular weight excluding hydrogens is 274 g/mol. The van der Waals surface area contributed by atoms with Gasteiger partial charge >= 0.3 is 0 Å². The van der Waals surface area contributed by atoms with Gasteiger partial charge in [0.15, 0.2) is 0 Å². The standard InChI is InChI=1S/C19H35NO2/c1-2-14-18(17-21)15-12-10-8-6-4-3-5-7-9-11-13-16-19(20)22/h18,21H,2-3,5,7-17H2,1H3,(H2,20,22). The summed E-state index contributed by atoms with van der Waals surface area (Å²) in [6.07, 6.45) is 13.8. The predicted octanol–water partition coefficient (Wildman–Crippen LogP) is 4.17. The molecule has 0 rings (SSSR count). The van der Waals surface area contributed by atoms with Crippen LogP contribution in [0.1, 0.15) is 90.4 Å².